The van der Waals surface area contributed by atoms with Crippen LogP contribution in [0.3, 0.4) is 0 Å². The summed E-state index contributed by atoms with van der Waals surface area (Å²) in [5.74, 6) is -0.104. The van der Waals surface area contributed by atoms with E-state index < -0.39 is 5.97 Å². The number of nitrogens with zero attached hydrogens (tertiary/aromatic N) is 2. The molecule has 5 heteroatoms. The van der Waals surface area contributed by atoms with Crippen LogP contribution in [0.25, 0.3) is 0 Å². The van der Waals surface area contributed by atoms with Crippen molar-refractivity contribution in [1.29, 1.82) is 0 Å². The minimum atomic E-state index is -0.933. The van der Waals surface area contributed by atoms with Gasteiger partial charge in [-0.05, 0) is 31.1 Å². The van der Waals surface area contributed by atoms with E-state index in [4.69, 9.17) is 9.84 Å². The lowest BCUT2D eigenvalue weighted by molar-refractivity contribution is 0.0695. The molecule has 2 rings (SSSR count). The van der Waals surface area contributed by atoms with E-state index in [1.165, 1.54) is 5.57 Å². The number of carboxylic acid groups (broad SMARTS) is 1. The topological polar surface area (TPSA) is 62.7 Å². The normalized spacial score (nSPS) is 15.3. The summed E-state index contributed by atoms with van der Waals surface area (Å²) in [6.07, 6.45) is 3.10. The van der Waals surface area contributed by atoms with E-state index in [0.717, 1.165) is 25.3 Å². The Labute approximate surface area is 112 Å². The molecule has 0 saturated heterocycles. The minimum Gasteiger partial charge on any atom is -0.478 e. The Balaban J connectivity index is 2.12. The van der Waals surface area contributed by atoms with Crippen molar-refractivity contribution in [2.75, 3.05) is 31.7 Å². The molecule has 0 bridgehead atoms. The maximum Gasteiger partial charge on any atom is 0.337 e. The van der Waals surface area contributed by atoms with Gasteiger partial charge in [0.1, 0.15) is 5.82 Å². The van der Waals surface area contributed by atoms with Gasteiger partial charge in [0.15, 0.2) is 0 Å². The second-order valence-electron chi connectivity index (χ2n) is 4.60. The fourth-order valence-corrected chi connectivity index (χ4v) is 2.19. The minimum absolute atomic E-state index is 0.261. The van der Waals surface area contributed by atoms with Crippen LogP contribution in [-0.4, -0.2) is 42.9 Å². The summed E-state index contributed by atoms with van der Waals surface area (Å²) < 4.78 is 5.12. The van der Waals surface area contributed by atoms with Crippen LogP contribution in [0.1, 0.15) is 22.5 Å². The maximum atomic E-state index is 10.9. The first-order valence-corrected chi connectivity index (χ1v) is 6.24. The zero-order valence-electron chi connectivity index (χ0n) is 11.2. The number of aromatic nitrogens is 1. The Morgan fingerprint density at radius 2 is 2.32 bits per heavy atom. The van der Waals surface area contributed by atoms with Crippen molar-refractivity contribution >= 4 is 11.8 Å². The van der Waals surface area contributed by atoms with Crippen molar-refractivity contribution < 1.29 is 14.6 Å². The van der Waals surface area contributed by atoms with Crippen LogP contribution in [-0.2, 0) is 4.74 Å². The number of aromatic carboxylic acids is 1. The summed E-state index contributed by atoms with van der Waals surface area (Å²) in [4.78, 5) is 17.5. The predicted molar refractivity (Wildman–Crippen MR) is 72.7 cm³/mol. The van der Waals surface area contributed by atoms with E-state index in [2.05, 4.69) is 16.0 Å². The van der Waals surface area contributed by atoms with Crippen molar-refractivity contribution in [2.24, 2.45) is 0 Å². The van der Waals surface area contributed by atoms with E-state index in [0.29, 0.717) is 12.3 Å². The molecule has 0 spiro atoms. The molecule has 0 fully saturated rings. The number of hydrogen-bond acceptors (Lipinski definition) is 4. The zero-order chi connectivity index (χ0) is 13.8. The third kappa shape index (κ3) is 3.12. The molecule has 0 aliphatic carbocycles. The Morgan fingerprint density at radius 3 is 2.84 bits per heavy atom. The largest absolute Gasteiger partial charge is 0.478 e. The highest BCUT2D eigenvalue weighted by Crippen LogP contribution is 2.19. The third-order valence-electron chi connectivity index (χ3n) is 3.26. The number of carboxylic acids is 1. The van der Waals surface area contributed by atoms with Crippen LogP contribution in [0.2, 0.25) is 0 Å². The van der Waals surface area contributed by atoms with Gasteiger partial charge in [-0.3, -0.25) is 0 Å². The van der Waals surface area contributed by atoms with Gasteiger partial charge in [0.05, 0.1) is 17.9 Å². The molecule has 2 heterocycles. The Morgan fingerprint density at radius 1 is 1.53 bits per heavy atom. The third-order valence-corrected chi connectivity index (χ3v) is 3.26. The van der Waals surface area contributed by atoms with E-state index in [1.807, 2.05) is 0 Å². The molecule has 1 N–H and O–H groups in total. The molecule has 102 valence electrons. The van der Waals surface area contributed by atoms with Crippen LogP contribution in [0.4, 0.5) is 5.82 Å². The number of rotatable bonds is 4. The summed E-state index contributed by atoms with van der Waals surface area (Å²) in [7, 11) is 1.70. The van der Waals surface area contributed by atoms with Crippen molar-refractivity contribution in [3.05, 3.63) is 35.0 Å². The monoisotopic (exact) mass is 262 g/mol. The van der Waals surface area contributed by atoms with Gasteiger partial charge >= 0.3 is 5.97 Å². The van der Waals surface area contributed by atoms with Gasteiger partial charge in [-0.15, -0.1) is 0 Å². The second kappa shape index (κ2) is 5.84. The molecule has 1 aromatic rings. The molecule has 0 radical (unpaired) electrons. The first kappa shape index (κ1) is 13.5. The summed E-state index contributed by atoms with van der Waals surface area (Å²) >= 11 is 0. The smallest absolute Gasteiger partial charge is 0.337 e. The van der Waals surface area contributed by atoms with E-state index >= 15 is 0 Å². The van der Waals surface area contributed by atoms with Gasteiger partial charge in [-0.2, -0.15) is 0 Å². The standard InChI is InChI=1S/C14H18N2O3/c1-10-12(14(17)18)3-4-13(15-10)16-7-5-11(6-8-16)9-19-2/h3-5H,6-9H2,1-2H3,(H,17,18). The summed E-state index contributed by atoms with van der Waals surface area (Å²) in [6.45, 7) is 4.08. The van der Waals surface area contributed by atoms with Gasteiger partial charge in [0.25, 0.3) is 0 Å². The van der Waals surface area contributed by atoms with Gasteiger partial charge < -0.3 is 14.7 Å². The summed E-state index contributed by atoms with van der Waals surface area (Å²) in [5, 5.41) is 8.98. The number of ether oxygens (including phenoxy) is 1. The lowest BCUT2D eigenvalue weighted by Crippen LogP contribution is -2.30. The number of hydrogen-bond donors (Lipinski definition) is 1. The van der Waals surface area contributed by atoms with E-state index in [1.54, 1.807) is 26.2 Å². The lowest BCUT2D eigenvalue weighted by Gasteiger charge is -2.27. The number of anilines is 1. The van der Waals surface area contributed by atoms with Crippen LogP contribution in [0.15, 0.2) is 23.8 Å². The number of aryl methyl sites for hydroxylation is 1. The average Bonchev–Trinajstić information content (AvgIpc) is 2.39. The Hall–Kier alpha value is -1.88. The first-order valence-electron chi connectivity index (χ1n) is 6.24. The Kier molecular flexibility index (Phi) is 4.16. The van der Waals surface area contributed by atoms with Crippen LogP contribution < -0.4 is 4.90 Å². The van der Waals surface area contributed by atoms with E-state index in [-0.39, 0.29) is 5.56 Å². The fraction of sp³-hybridized carbons (Fsp3) is 0.429. The molecule has 0 amide bonds. The van der Waals surface area contributed by atoms with Crippen LogP contribution in [0.5, 0.6) is 0 Å². The quantitative estimate of drug-likeness (QED) is 0.839. The first-order chi connectivity index (χ1) is 9.11. The summed E-state index contributed by atoms with van der Waals surface area (Å²) in [6, 6.07) is 3.39. The molecule has 0 atom stereocenters. The number of pyridine rings is 1. The number of carbonyl (C=O) groups is 1. The SMILES string of the molecule is COCC1=CCN(c2ccc(C(=O)O)c(C)n2)CC1. The molecule has 0 unspecified atom stereocenters. The molecule has 19 heavy (non-hydrogen) atoms. The Bertz CT molecular complexity index is 511. The fourth-order valence-electron chi connectivity index (χ4n) is 2.19. The predicted octanol–water partition coefficient (Wildman–Crippen LogP) is 1.87. The maximum absolute atomic E-state index is 10.9. The lowest BCUT2D eigenvalue weighted by atomic mass is 10.1. The van der Waals surface area contributed by atoms with Crippen molar-refractivity contribution in [1.82, 2.24) is 4.98 Å². The van der Waals surface area contributed by atoms with E-state index in [9.17, 15) is 4.79 Å². The molecule has 1 aliphatic heterocycles. The van der Waals surface area contributed by atoms with Crippen molar-refractivity contribution in [3.8, 4) is 0 Å². The molecular formula is C14H18N2O3. The molecule has 1 aromatic heterocycles. The van der Waals surface area contributed by atoms with Crippen LogP contribution in [0, 0.1) is 6.92 Å². The van der Waals surface area contributed by atoms with Gasteiger partial charge in [0, 0.05) is 20.2 Å². The van der Waals surface area contributed by atoms with Gasteiger partial charge in [-0.25, -0.2) is 9.78 Å². The second-order valence-corrected chi connectivity index (χ2v) is 4.60. The van der Waals surface area contributed by atoms with Crippen molar-refractivity contribution in [2.45, 2.75) is 13.3 Å². The highest BCUT2D eigenvalue weighted by Gasteiger charge is 2.15. The van der Waals surface area contributed by atoms with Gasteiger partial charge in [0.2, 0.25) is 0 Å². The zero-order valence-corrected chi connectivity index (χ0v) is 11.2. The molecule has 1 aliphatic rings. The van der Waals surface area contributed by atoms with Gasteiger partial charge in [-0.1, -0.05) is 6.08 Å². The molecule has 5 nitrogen and oxygen atoms in total. The molecular weight excluding hydrogens is 244 g/mol. The highest BCUT2D eigenvalue weighted by atomic mass is 16.5. The summed E-state index contributed by atoms with van der Waals surface area (Å²) in [5.41, 5.74) is 2.12. The van der Waals surface area contributed by atoms with Crippen molar-refractivity contribution in [3.63, 3.8) is 0 Å². The average molecular weight is 262 g/mol. The highest BCUT2D eigenvalue weighted by molar-refractivity contribution is 5.89. The van der Waals surface area contributed by atoms with Crippen LogP contribution >= 0.6 is 0 Å². The molecule has 0 saturated carbocycles. The molecule has 0 aromatic carbocycles. The number of methoxy groups -OCH3 is 1.